The smallest absolute Gasteiger partial charge is 0.407 e. The van der Waals surface area contributed by atoms with Gasteiger partial charge in [0.15, 0.2) is 0 Å². The minimum absolute atomic E-state index is 0.320. The van der Waals surface area contributed by atoms with Crippen molar-refractivity contribution in [1.29, 1.82) is 0 Å². The third kappa shape index (κ3) is 5.15. The first-order valence-electron chi connectivity index (χ1n) is 8.27. The number of amides is 1. The zero-order valence-electron chi connectivity index (χ0n) is 13.9. The first-order valence-corrected chi connectivity index (χ1v) is 8.27. The van der Waals surface area contributed by atoms with E-state index in [9.17, 15) is 4.79 Å². The molecule has 2 atom stereocenters. The molecule has 5 heteroatoms. The fourth-order valence-corrected chi connectivity index (χ4v) is 3.48. The molecule has 2 aliphatic rings. The summed E-state index contributed by atoms with van der Waals surface area (Å²) in [6.07, 6.45) is 5.89. The number of ether oxygens (including phenoxy) is 1. The van der Waals surface area contributed by atoms with Crippen molar-refractivity contribution in [2.45, 2.75) is 76.6 Å². The second-order valence-corrected chi connectivity index (χ2v) is 7.46. The fraction of sp³-hybridized carbons (Fsp3) is 0.938. The van der Waals surface area contributed by atoms with E-state index in [0.717, 1.165) is 25.0 Å². The average molecular weight is 297 g/mol. The van der Waals surface area contributed by atoms with Crippen LogP contribution in [0.15, 0.2) is 0 Å². The quantitative estimate of drug-likeness (QED) is 0.763. The third-order valence-electron chi connectivity index (χ3n) is 4.55. The van der Waals surface area contributed by atoms with Crippen LogP contribution < -0.4 is 10.6 Å². The van der Waals surface area contributed by atoms with Gasteiger partial charge < -0.3 is 20.3 Å². The van der Waals surface area contributed by atoms with Crippen LogP contribution in [0.4, 0.5) is 4.79 Å². The first-order chi connectivity index (χ1) is 9.85. The Morgan fingerprint density at radius 2 is 1.81 bits per heavy atom. The van der Waals surface area contributed by atoms with E-state index in [2.05, 4.69) is 22.6 Å². The number of piperidine rings is 1. The van der Waals surface area contributed by atoms with Crippen LogP contribution in [0.2, 0.25) is 0 Å². The highest BCUT2D eigenvalue weighted by atomic mass is 16.6. The average Bonchev–Trinajstić information content (AvgIpc) is 2.60. The molecule has 2 aliphatic heterocycles. The van der Waals surface area contributed by atoms with Gasteiger partial charge in [-0.2, -0.15) is 0 Å². The van der Waals surface area contributed by atoms with Crippen LogP contribution in [-0.2, 0) is 4.74 Å². The van der Waals surface area contributed by atoms with Crippen LogP contribution >= 0.6 is 0 Å². The zero-order chi connectivity index (χ0) is 15.5. The number of carbonyl (C=O) groups excluding carboxylic acids is 1. The van der Waals surface area contributed by atoms with Crippen molar-refractivity contribution in [3.05, 3.63) is 0 Å². The SMILES string of the molecule is CN1C2CCC1CC(NCCCNC(=O)OC(C)(C)C)C2. The molecule has 2 bridgehead atoms. The molecule has 2 heterocycles. The van der Waals surface area contributed by atoms with Gasteiger partial charge in [0, 0.05) is 24.7 Å². The van der Waals surface area contributed by atoms with Gasteiger partial charge in [0.25, 0.3) is 0 Å². The van der Waals surface area contributed by atoms with Crippen molar-refractivity contribution in [2.75, 3.05) is 20.1 Å². The van der Waals surface area contributed by atoms with Crippen molar-refractivity contribution in [3.63, 3.8) is 0 Å². The Morgan fingerprint density at radius 3 is 2.38 bits per heavy atom. The normalized spacial score (nSPS) is 29.4. The Bertz CT molecular complexity index is 340. The highest BCUT2D eigenvalue weighted by Crippen LogP contribution is 2.34. The molecule has 2 fully saturated rings. The lowest BCUT2D eigenvalue weighted by Gasteiger charge is -2.36. The van der Waals surface area contributed by atoms with E-state index < -0.39 is 5.60 Å². The summed E-state index contributed by atoms with van der Waals surface area (Å²) in [4.78, 5) is 14.1. The highest BCUT2D eigenvalue weighted by molar-refractivity contribution is 5.67. The van der Waals surface area contributed by atoms with Crippen LogP contribution in [0, 0.1) is 0 Å². The summed E-state index contributed by atoms with van der Waals surface area (Å²) in [7, 11) is 2.27. The van der Waals surface area contributed by atoms with Gasteiger partial charge in [-0.1, -0.05) is 0 Å². The number of hydrogen-bond acceptors (Lipinski definition) is 4. The second kappa shape index (κ2) is 6.97. The van der Waals surface area contributed by atoms with Crippen LogP contribution in [-0.4, -0.2) is 54.9 Å². The predicted octanol–water partition coefficient (Wildman–Crippen LogP) is 2.12. The van der Waals surface area contributed by atoms with Gasteiger partial charge in [-0.25, -0.2) is 4.79 Å². The molecule has 0 aliphatic carbocycles. The number of carbonyl (C=O) groups is 1. The standard InChI is InChI=1S/C16H31N3O2/c1-16(2,3)21-15(20)18-9-5-8-17-12-10-13-6-7-14(11-12)19(13)4/h12-14,17H,5-11H2,1-4H3,(H,18,20). The van der Waals surface area contributed by atoms with Gasteiger partial charge >= 0.3 is 6.09 Å². The number of nitrogens with zero attached hydrogens (tertiary/aromatic N) is 1. The first kappa shape index (κ1) is 16.6. The Kier molecular flexibility index (Phi) is 5.49. The van der Waals surface area contributed by atoms with E-state index >= 15 is 0 Å². The maximum absolute atomic E-state index is 11.5. The van der Waals surface area contributed by atoms with E-state index in [1.807, 2.05) is 20.8 Å². The molecule has 0 radical (unpaired) electrons. The van der Waals surface area contributed by atoms with Crippen LogP contribution in [0.25, 0.3) is 0 Å². The zero-order valence-corrected chi connectivity index (χ0v) is 13.9. The lowest BCUT2D eigenvalue weighted by atomic mass is 9.98. The van der Waals surface area contributed by atoms with Gasteiger partial charge in [-0.05, 0) is 66.5 Å². The molecule has 2 rings (SSSR count). The van der Waals surface area contributed by atoms with E-state index in [-0.39, 0.29) is 6.09 Å². The van der Waals surface area contributed by atoms with Gasteiger partial charge in [0.05, 0.1) is 0 Å². The second-order valence-electron chi connectivity index (χ2n) is 7.46. The molecule has 21 heavy (non-hydrogen) atoms. The Hall–Kier alpha value is -0.810. The number of hydrogen-bond donors (Lipinski definition) is 2. The molecule has 2 N–H and O–H groups in total. The molecule has 0 aromatic rings. The van der Waals surface area contributed by atoms with Crippen molar-refractivity contribution in [2.24, 2.45) is 0 Å². The summed E-state index contributed by atoms with van der Waals surface area (Å²) in [5.74, 6) is 0. The lowest BCUT2D eigenvalue weighted by molar-refractivity contribution is 0.0527. The van der Waals surface area contributed by atoms with Crippen molar-refractivity contribution >= 4 is 6.09 Å². The van der Waals surface area contributed by atoms with E-state index in [4.69, 9.17) is 4.74 Å². The Morgan fingerprint density at radius 1 is 1.19 bits per heavy atom. The molecule has 1 amide bonds. The minimum atomic E-state index is -0.421. The molecular formula is C16H31N3O2. The van der Waals surface area contributed by atoms with E-state index in [0.29, 0.717) is 12.6 Å². The van der Waals surface area contributed by atoms with Gasteiger partial charge in [0.2, 0.25) is 0 Å². The molecule has 2 saturated heterocycles. The third-order valence-corrected chi connectivity index (χ3v) is 4.55. The molecule has 122 valence electrons. The van der Waals surface area contributed by atoms with E-state index in [1.54, 1.807) is 0 Å². The number of alkyl carbamates (subject to hydrolysis) is 1. The van der Waals surface area contributed by atoms with Crippen molar-refractivity contribution in [3.8, 4) is 0 Å². The summed E-state index contributed by atoms with van der Waals surface area (Å²) in [6, 6.07) is 2.21. The topological polar surface area (TPSA) is 53.6 Å². The molecule has 0 aromatic carbocycles. The molecule has 0 aromatic heterocycles. The molecular weight excluding hydrogens is 266 g/mol. The van der Waals surface area contributed by atoms with Gasteiger partial charge in [0.1, 0.15) is 5.60 Å². The predicted molar refractivity (Wildman–Crippen MR) is 84.5 cm³/mol. The van der Waals surface area contributed by atoms with Crippen LogP contribution in [0.1, 0.15) is 52.9 Å². The minimum Gasteiger partial charge on any atom is -0.444 e. The van der Waals surface area contributed by atoms with E-state index in [1.165, 1.54) is 25.7 Å². The van der Waals surface area contributed by atoms with Crippen LogP contribution in [0.3, 0.4) is 0 Å². The maximum Gasteiger partial charge on any atom is 0.407 e. The summed E-state index contributed by atoms with van der Waals surface area (Å²) in [6.45, 7) is 7.26. The largest absolute Gasteiger partial charge is 0.444 e. The Balaban J connectivity index is 1.54. The number of rotatable bonds is 5. The number of fused-ring (bicyclic) bond motifs is 2. The molecule has 2 unspecified atom stereocenters. The molecule has 0 spiro atoms. The fourth-order valence-electron chi connectivity index (χ4n) is 3.48. The van der Waals surface area contributed by atoms with Gasteiger partial charge in [-0.15, -0.1) is 0 Å². The Labute approximate surface area is 128 Å². The monoisotopic (exact) mass is 297 g/mol. The molecule has 0 saturated carbocycles. The van der Waals surface area contributed by atoms with Crippen molar-refractivity contribution < 1.29 is 9.53 Å². The lowest BCUT2D eigenvalue weighted by Crippen LogP contribution is -2.47. The summed E-state index contributed by atoms with van der Waals surface area (Å²) in [5, 5.41) is 6.45. The van der Waals surface area contributed by atoms with Crippen LogP contribution in [0.5, 0.6) is 0 Å². The summed E-state index contributed by atoms with van der Waals surface area (Å²) in [5.41, 5.74) is -0.421. The maximum atomic E-state index is 11.5. The number of nitrogens with one attached hydrogen (secondary N) is 2. The summed E-state index contributed by atoms with van der Waals surface area (Å²) < 4.78 is 5.21. The molecule has 5 nitrogen and oxygen atoms in total. The highest BCUT2D eigenvalue weighted by Gasteiger charge is 2.37. The summed E-state index contributed by atoms with van der Waals surface area (Å²) >= 11 is 0. The van der Waals surface area contributed by atoms with Crippen molar-refractivity contribution in [1.82, 2.24) is 15.5 Å². The van der Waals surface area contributed by atoms with Gasteiger partial charge in [-0.3, -0.25) is 0 Å².